The van der Waals surface area contributed by atoms with Gasteiger partial charge in [0.2, 0.25) is 0 Å². The monoisotopic (exact) mass is 926 g/mol. The second-order valence-corrected chi connectivity index (χ2v) is 17.4. The Morgan fingerprint density at radius 3 is 1.04 bits per heavy atom. The summed E-state index contributed by atoms with van der Waals surface area (Å²) in [7, 11) is 0. The number of fused-ring (bicyclic) bond motifs is 4. The van der Waals surface area contributed by atoms with Crippen LogP contribution in [0.4, 0.5) is 5.69 Å². The van der Waals surface area contributed by atoms with Gasteiger partial charge in [-0.25, -0.2) is 34.8 Å². The van der Waals surface area contributed by atoms with Gasteiger partial charge in [-0.15, -0.1) is 0 Å². The minimum atomic E-state index is -0.421. The molecule has 338 valence electrons. The van der Waals surface area contributed by atoms with Crippen molar-refractivity contribution in [1.82, 2.24) is 34.5 Å². The third-order valence-electron chi connectivity index (χ3n) is 13.1. The first kappa shape index (κ1) is 42.1. The molecule has 1 aliphatic rings. The van der Waals surface area contributed by atoms with Gasteiger partial charge in [0.15, 0.2) is 34.9 Å². The fraction of sp³-hybridized carbons (Fsp3) is 0. The molecule has 0 atom stereocenters. The lowest BCUT2D eigenvalue weighted by atomic mass is 10.0. The molecule has 0 unspecified atom stereocenters. The number of carbonyl (C=O) groups excluding carboxylic acids is 2. The van der Waals surface area contributed by atoms with Crippen LogP contribution in [0.2, 0.25) is 0 Å². The van der Waals surface area contributed by atoms with Crippen LogP contribution < -0.4 is 4.90 Å². The third-order valence-corrected chi connectivity index (χ3v) is 13.1. The van der Waals surface area contributed by atoms with E-state index in [4.69, 9.17) is 29.9 Å². The van der Waals surface area contributed by atoms with E-state index in [0.29, 0.717) is 57.4 Å². The van der Waals surface area contributed by atoms with Crippen LogP contribution in [0.1, 0.15) is 20.7 Å². The Labute approximate surface area is 413 Å². The maximum Gasteiger partial charge on any atom is 0.268 e. The number of rotatable bonds is 9. The van der Waals surface area contributed by atoms with Gasteiger partial charge in [0, 0.05) is 44.2 Å². The molecule has 0 saturated heterocycles. The zero-order chi connectivity index (χ0) is 48.1. The maximum atomic E-state index is 15.1. The minimum Gasteiger partial charge on any atom is -0.308 e. The molecule has 0 bridgehead atoms. The molecular weight excluding hydrogens is 889 g/mol. The van der Waals surface area contributed by atoms with Gasteiger partial charge in [-0.05, 0) is 47.5 Å². The van der Waals surface area contributed by atoms with E-state index < -0.39 is 11.8 Å². The van der Waals surface area contributed by atoms with Gasteiger partial charge < -0.3 is 4.57 Å². The Bertz CT molecular complexity index is 3760. The first-order valence-corrected chi connectivity index (χ1v) is 23.5. The lowest BCUT2D eigenvalue weighted by molar-refractivity contribution is 0.0926. The number of aromatic nitrogens is 7. The summed E-state index contributed by atoms with van der Waals surface area (Å²) in [4.78, 5) is 61.8. The third kappa shape index (κ3) is 7.21. The number of carbonyl (C=O) groups is 2. The molecular formula is C62H38N8O2. The molecule has 2 amide bonds. The molecule has 9 aromatic carbocycles. The van der Waals surface area contributed by atoms with Crippen LogP contribution in [0.25, 0.3) is 107 Å². The number of hydrogen-bond acceptors (Lipinski definition) is 8. The van der Waals surface area contributed by atoms with Crippen LogP contribution in [0.5, 0.6) is 0 Å². The van der Waals surface area contributed by atoms with E-state index >= 15 is 4.79 Å². The van der Waals surface area contributed by atoms with Crippen LogP contribution >= 0.6 is 0 Å². The molecule has 3 aromatic heterocycles. The molecule has 10 nitrogen and oxygen atoms in total. The smallest absolute Gasteiger partial charge is 0.268 e. The fourth-order valence-electron chi connectivity index (χ4n) is 9.72. The van der Waals surface area contributed by atoms with E-state index in [1.54, 1.807) is 6.07 Å². The number of anilines is 1. The average molecular weight is 927 g/mol. The summed E-state index contributed by atoms with van der Waals surface area (Å²) < 4.78 is 2.07. The summed E-state index contributed by atoms with van der Waals surface area (Å²) in [6.07, 6.45) is 0. The van der Waals surface area contributed by atoms with Gasteiger partial charge in [-0.1, -0.05) is 194 Å². The fourth-order valence-corrected chi connectivity index (χ4v) is 9.72. The highest BCUT2D eigenvalue weighted by molar-refractivity contribution is 6.36. The molecule has 12 aromatic rings. The predicted molar refractivity (Wildman–Crippen MR) is 283 cm³/mol. The Hall–Kier alpha value is -10.1. The van der Waals surface area contributed by atoms with Crippen LogP contribution in [-0.4, -0.2) is 46.3 Å². The number of benzene rings is 9. The molecule has 0 aliphatic carbocycles. The van der Waals surface area contributed by atoms with E-state index in [0.717, 1.165) is 66.3 Å². The summed E-state index contributed by atoms with van der Waals surface area (Å²) in [5.41, 5.74) is 9.91. The number of imide groups is 1. The van der Waals surface area contributed by atoms with Crippen molar-refractivity contribution < 1.29 is 9.59 Å². The average Bonchev–Trinajstić information content (AvgIpc) is 3.94. The van der Waals surface area contributed by atoms with Crippen LogP contribution in [-0.2, 0) is 0 Å². The van der Waals surface area contributed by atoms with Gasteiger partial charge >= 0.3 is 0 Å². The summed E-state index contributed by atoms with van der Waals surface area (Å²) in [5.74, 6) is 2.13. The van der Waals surface area contributed by atoms with Gasteiger partial charge in [-0.3, -0.25) is 9.59 Å². The van der Waals surface area contributed by atoms with Crippen molar-refractivity contribution in [3.05, 3.63) is 242 Å². The number of nitrogens with zero attached hydrogens (tertiary/aromatic N) is 8. The van der Waals surface area contributed by atoms with Gasteiger partial charge in [0.25, 0.3) is 11.8 Å². The van der Waals surface area contributed by atoms with Crippen molar-refractivity contribution >= 4 is 39.3 Å². The quantitative estimate of drug-likeness (QED) is 0.131. The molecule has 0 fully saturated rings. The maximum absolute atomic E-state index is 15.1. The Balaban J connectivity index is 1.08. The molecule has 72 heavy (non-hydrogen) atoms. The van der Waals surface area contributed by atoms with Gasteiger partial charge in [0.05, 0.1) is 33.5 Å². The Morgan fingerprint density at radius 2 is 0.625 bits per heavy atom. The first-order valence-electron chi connectivity index (χ1n) is 23.5. The van der Waals surface area contributed by atoms with E-state index in [9.17, 15) is 4.79 Å². The first-order chi connectivity index (χ1) is 35.6. The lowest BCUT2D eigenvalue weighted by Crippen LogP contribution is -2.29. The molecule has 10 heteroatoms. The molecule has 4 heterocycles. The van der Waals surface area contributed by atoms with Gasteiger partial charge in [-0.2, -0.15) is 0 Å². The molecule has 0 radical (unpaired) electrons. The minimum absolute atomic E-state index is 0.292. The van der Waals surface area contributed by atoms with Crippen LogP contribution in [0.3, 0.4) is 0 Å². The van der Waals surface area contributed by atoms with Crippen molar-refractivity contribution in [2.24, 2.45) is 0 Å². The van der Waals surface area contributed by atoms with Crippen molar-refractivity contribution in [1.29, 1.82) is 0 Å². The highest BCUT2D eigenvalue weighted by Crippen LogP contribution is 2.44. The van der Waals surface area contributed by atoms with Crippen molar-refractivity contribution in [3.8, 4) is 85.1 Å². The summed E-state index contributed by atoms with van der Waals surface area (Å²) in [5, 5.41) is 1.58. The highest BCUT2D eigenvalue weighted by atomic mass is 16.2. The van der Waals surface area contributed by atoms with Crippen molar-refractivity contribution in [2.45, 2.75) is 0 Å². The van der Waals surface area contributed by atoms with E-state index in [1.165, 1.54) is 4.90 Å². The molecule has 13 rings (SSSR count). The van der Waals surface area contributed by atoms with E-state index in [1.807, 2.05) is 224 Å². The Morgan fingerprint density at radius 1 is 0.278 bits per heavy atom. The molecule has 0 saturated carbocycles. The SMILES string of the molecule is O=C1c2cccc(-n3c4cccc(-c5nc(-c6ccccc6)nc(-c6ccccc6)n5)c4c4c(-c5nc(-c6ccccc6)nc(-c6ccccc6)n5)cccc43)c2C(=O)N1c1ccc(-c2ccccc2)cc1. The molecule has 0 N–H and O–H groups in total. The van der Waals surface area contributed by atoms with Gasteiger partial charge in [0.1, 0.15) is 0 Å². The Kier molecular flexibility index (Phi) is 10.2. The highest BCUT2D eigenvalue weighted by Gasteiger charge is 2.39. The second kappa shape index (κ2) is 17.5. The normalized spacial score (nSPS) is 12.2. The molecule has 0 spiro atoms. The van der Waals surface area contributed by atoms with E-state index in [2.05, 4.69) is 4.57 Å². The number of amides is 2. The standard InChI is InChI=1S/C62H38N8O2/c71-61-48-31-18-34-51(54(48)62(72)69(61)45-37-35-40(36-38-45)39-19-6-1-7-20-39)70-49-32-16-29-46(59-65-55(41-21-8-2-9-22-41)63-56(66-59)42-23-10-3-11-24-42)52(49)53-47(30-17-33-50(53)70)60-67-57(43-25-12-4-13-26-43)64-58(68-60)44-27-14-5-15-28-44/h1-38H. The summed E-state index contributed by atoms with van der Waals surface area (Å²) >= 11 is 0. The zero-order valence-electron chi connectivity index (χ0n) is 38.3. The number of hydrogen-bond donors (Lipinski definition) is 0. The van der Waals surface area contributed by atoms with E-state index in [-0.39, 0.29) is 0 Å². The predicted octanol–water partition coefficient (Wildman–Crippen LogP) is 13.6. The summed E-state index contributed by atoms with van der Waals surface area (Å²) in [6, 6.07) is 74.5. The molecule has 1 aliphatic heterocycles. The largest absolute Gasteiger partial charge is 0.308 e. The topological polar surface area (TPSA) is 120 Å². The van der Waals surface area contributed by atoms with Crippen LogP contribution in [0, 0.1) is 0 Å². The van der Waals surface area contributed by atoms with Crippen molar-refractivity contribution in [3.63, 3.8) is 0 Å². The van der Waals surface area contributed by atoms with Crippen LogP contribution in [0.15, 0.2) is 231 Å². The van der Waals surface area contributed by atoms with Crippen molar-refractivity contribution in [2.75, 3.05) is 4.90 Å². The second-order valence-electron chi connectivity index (χ2n) is 17.4. The zero-order valence-corrected chi connectivity index (χ0v) is 38.3. The summed E-state index contributed by atoms with van der Waals surface area (Å²) in [6.45, 7) is 0. The lowest BCUT2D eigenvalue weighted by Gasteiger charge is -2.15.